The highest BCUT2D eigenvalue weighted by Crippen LogP contribution is 2.36. The zero-order chi connectivity index (χ0) is 24.7. The van der Waals surface area contributed by atoms with Gasteiger partial charge in [0.25, 0.3) is 10.0 Å². The third kappa shape index (κ3) is 4.83. The second kappa shape index (κ2) is 9.75. The van der Waals surface area contributed by atoms with Crippen LogP contribution in [0.2, 0.25) is 0 Å². The molecule has 4 heterocycles. The van der Waals surface area contributed by atoms with Gasteiger partial charge in [0.05, 0.1) is 22.1 Å². The quantitative estimate of drug-likeness (QED) is 0.307. The number of nitrogens with one attached hydrogen (secondary N) is 1. The van der Waals surface area contributed by atoms with E-state index in [0.717, 1.165) is 39.4 Å². The van der Waals surface area contributed by atoms with Gasteiger partial charge in [0.1, 0.15) is 9.22 Å². The Morgan fingerprint density at radius 3 is 2.83 bits per heavy atom. The molecule has 1 fully saturated rings. The highest BCUT2D eigenvalue weighted by molar-refractivity contribution is 7.94. The third-order valence-corrected chi connectivity index (χ3v) is 11.4. The van der Waals surface area contributed by atoms with Crippen molar-refractivity contribution in [2.75, 3.05) is 17.4 Å². The number of nitrogens with zero attached hydrogens (tertiary/aromatic N) is 3. The van der Waals surface area contributed by atoms with Gasteiger partial charge in [-0.05, 0) is 50.4 Å². The van der Waals surface area contributed by atoms with Gasteiger partial charge in [-0.15, -0.1) is 22.7 Å². The van der Waals surface area contributed by atoms with Crippen molar-refractivity contribution >= 4 is 60.4 Å². The van der Waals surface area contributed by atoms with Crippen LogP contribution in [0.5, 0.6) is 0 Å². The van der Waals surface area contributed by atoms with Crippen LogP contribution in [0.25, 0.3) is 21.6 Å². The van der Waals surface area contributed by atoms with Gasteiger partial charge in [-0.1, -0.05) is 18.2 Å². The molecule has 1 aromatic carbocycles. The maximum atomic E-state index is 13.5. The molecule has 0 aliphatic carbocycles. The number of H-pyrrole nitrogens is 1. The summed E-state index contributed by atoms with van der Waals surface area (Å²) in [5, 5.41) is 3.31. The van der Waals surface area contributed by atoms with Crippen molar-refractivity contribution in [3.05, 3.63) is 52.9 Å². The van der Waals surface area contributed by atoms with Crippen molar-refractivity contribution in [1.29, 1.82) is 0 Å². The lowest BCUT2D eigenvalue weighted by Crippen LogP contribution is -2.36. The van der Waals surface area contributed by atoms with Crippen LogP contribution in [0.4, 0.5) is 5.69 Å². The Balaban J connectivity index is 1.45. The van der Waals surface area contributed by atoms with Gasteiger partial charge < -0.3 is 9.54 Å². The number of sulfonamides is 1. The molecule has 5 rings (SSSR count). The standard InChI is InChI=1S/C23H26N4O4S4/c1-15(2)27(35(30,31)21-7-4-10-32-21)20-6-3-5-16-11-19(25-22(16)20)23-24-12-17(33-23)13-26-9-8-18(14-26)34(28)29/h3-7,10-12,15,18,25H,8-9,13-14H2,1-2H3,(H,28,29). The van der Waals surface area contributed by atoms with Gasteiger partial charge in [-0.25, -0.2) is 17.6 Å². The summed E-state index contributed by atoms with van der Waals surface area (Å²) < 4.78 is 49.4. The molecule has 12 heteroatoms. The smallest absolute Gasteiger partial charge is 0.274 e. The maximum absolute atomic E-state index is 13.5. The number of fused-ring (bicyclic) bond motifs is 1. The Hall–Kier alpha value is -2.09. The largest absolute Gasteiger partial charge is 0.351 e. The lowest BCUT2D eigenvalue weighted by atomic mass is 10.2. The minimum Gasteiger partial charge on any atom is -0.351 e. The van der Waals surface area contributed by atoms with E-state index in [9.17, 15) is 17.2 Å². The zero-order valence-corrected chi connectivity index (χ0v) is 22.5. The molecule has 3 aromatic heterocycles. The molecule has 4 aromatic rings. The fourth-order valence-electron chi connectivity index (χ4n) is 4.46. The Labute approximate surface area is 215 Å². The number of likely N-dealkylation sites (tertiary alicyclic amines) is 1. The van der Waals surface area contributed by atoms with E-state index < -0.39 is 21.1 Å². The maximum Gasteiger partial charge on any atom is 0.274 e. The minimum absolute atomic E-state index is 0.191. The molecule has 0 saturated carbocycles. The van der Waals surface area contributed by atoms with Crippen molar-refractivity contribution in [1.82, 2.24) is 14.9 Å². The molecule has 8 nitrogen and oxygen atoms in total. The average Bonchev–Trinajstić information content (AvgIpc) is 3.59. The summed E-state index contributed by atoms with van der Waals surface area (Å²) in [6.45, 7) is 5.84. The molecule has 0 amide bonds. The minimum atomic E-state index is -3.70. The summed E-state index contributed by atoms with van der Waals surface area (Å²) in [4.78, 5) is 11.3. The van der Waals surface area contributed by atoms with Crippen LogP contribution < -0.4 is 4.31 Å². The van der Waals surface area contributed by atoms with Gasteiger partial charge in [0.2, 0.25) is 0 Å². The normalized spacial score (nSPS) is 18.0. The second-order valence-corrected chi connectivity index (χ2v) is 14.1. The number of hydrogen-bond donors (Lipinski definition) is 2. The summed E-state index contributed by atoms with van der Waals surface area (Å²) >= 11 is 0.997. The van der Waals surface area contributed by atoms with Crippen molar-refractivity contribution in [2.24, 2.45) is 0 Å². The van der Waals surface area contributed by atoms with Crippen molar-refractivity contribution in [2.45, 2.75) is 42.3 Å². The molecular weight excluding hydrogens is 525 g/mol. The van der Waals surface area contributed by atoms with E-state index in [-0.39, 0.29) is 11.3 Å². The molecule has 0 bridgehead atoms. The first kappa shape index (κ1) is 24.6. The molecule has 2 N–H and O–H groups in total. The average molecular weight is 551 g/mol. The van der Waals surface area contributed by atoms with Crippen molar-refractivity contribution in [3.8, 4) is 10.7 Å². The molecule has 0 radical (unpaired) electrons. The van der Waals surface area contributed by atoms with Gasteiger partial charge in [0.15, 0.2) is 11.1 Å². The summed E-state index contributed by atoms with van der Waals surface area (Å²) in [5.41, 5.74) is 2.19. The van der Waals surface area contributed by atoms with Crippen LogP contribution in [0.15, 0.2) is 52.2 Å². The van der Waals surface area contributed by atoms with Crippen molar-refractivity contribution < 1.29 is 17.2 Å². The lowest BCUT2D eigenvalue weighted by Gasteiger charge is -2.28. The highest BCUT2D eigenvalue weighted by atomic mass is 32.2. The molecule has 1 aliphatic rings. The first-order valence-electron chi connectivity index (χ1n) is 11.2. The molecule has 2 unspecified atom stereocenters. The Morgan fingerprint density at radius 2 is 2.14 bits per heavy atom. The molecule has 2 atom stereocenters. The van der Waals surface area contributed by atoms with Crippen LogP contribution in [-0.2, 0) is 27.6 Å². The SMILES string of the molecule is CC(C)N(c1cccc2cc(-c3ncc(CN4CCC(S(=O)O)C4)s3)[nH]c12)S(=O)(=O)c1cccs1. The number of aromatic nitrogens is 2. The van der Waals surface area contributed by atoms with E-state index in [1.165, 1.54) is 15.6 Å². The Bertz CT molecular complexity index is 1460. The predicted octanol–water partition coefficient (Wildman–Crippen LogP) is 4.75. The number of hydrogen-bond acceptors (Lipinski definition) is 7. The molecule has 186 valence electrons. The molecule has 35 heavy (non-hydrogen) atoms. The van der Waals surface area contributed by atoms with Crippen LogP contribution in [0, 0.1) is 0 Å². The number of anilines is 1. The van der Waals surface area contributed by atoms with Gasteiger partial charge >= 0.3 is 0 Å². The third-order valence-electron chi connectivity index (χ3n) is 6.03. The Kier molecular flexibility index (Phi) is 6.85. The fraction of sp³-hybridized carbons (Fsp3) is 0.348. The van der Waals surface area contributed by atoms with Crippen LogP contribution in [-0.4, -0.2) is 56.4 Å². The van der Waals surface area contributed by atoms with E-state index in [1.54, 1.807) is 28.8 Å². The number of thiophene rings is 1. The second-order valence-electron chi connectivity index (χ2n) is 8.80. The highest BCUT2D eigenvalue weighted by Gasteiger charge is 2.30. The molecular formula is C23H26N4O4S4. The van der Waals surface area contributed by atoms with E-state index in [2.05, 4.69) is 14.9 Å². The van der Waals surface area contributed by atoms with Crippen LogP contribution in [0.1, 0.15) is 25.1 Å². The summed E-state index contributed by atoms with van der Waals surface area (Å²) in [6, 6.07) is 10.8. The first-order chi connectivity index (χ1) is 16.7. The predicted molar refractivity (Wildman–Crippen MR) is 143 cm³/mol. The molecule has 1 saturated heterocycles. The van der Waals surface area contributed by atoms with Crippen LogP contribution in [0.3, 0.4) is 0 Å². The topological polar surface area (TPSA) is 107 Å². The monoisotopic (exact) mass is 550 g/mol. The van der Waals surface area contributed by atoms with Gasteiger partial charge in [0, 0.05) is 35.6 Å². The van der Waals surface area contributed by atoms with Crippen molar-refractivity contribution in [3.63, 3.8) is 0 Å². The van der Waals surface area contributed by atoms with Crippen LogP contribution >= 0.6 is 22.7 Å². The lowest BCUT2D eigenvalue weighted by molar-refractivity contribution is 0.334. The first-order valence-corrected chi connectivity index (χ1v) is 15.5. The summed E-state index contributed by atoms with van der Waals surface area (Å²) in [7, 11) is -3.70. The van der Waals surface area contributed by atoms with E-state index in [4.69, 9.17) is 0 Å². The van der Waals surface area contributed by atoms with E-state index in [1.807, 2.05) is 44.3 Å². The number of thiazole rings is 1. The van der Waals surface area contributed by atoms with E-state index in [0.29, 0.717) is 23.0 Å². The summed E-state index contributed by atoms with van der Waals surface area (Å²) in [5.74, 6) is 0. The number of para-hydroxylation sites is 1. The number of rotatable bonds is 8. The van der Waals surface area contributed by atoms with Gasteiger partial charge in [-0.2, -0.15) is 0 Å². The van der Waals surface area contributed by atoms with E-state index >= 15 is 0 Å². The van der Waals surface area contributed by atoms with Gasteiger partial charge in [-0.3, -0.25) is 9.21 Å². The fourth-order valence-corrected chi connectivity index (χ4v) is 8.79. The number of aromatic amines is 1. The zero-order valence-electron chi connectivity index (χ0n) is 19.2. The molecule has 1 aliphatic heterocycles. The number of benzene rings is 1. The summed E-state index contributed by atoms with van der Waals surface area (Å²) in [6.07, 6.45) is 2.57. The Morgan fingerprint density at radius 1 is 1.31 bits per heavy atom. The molecule has 0 spiro atoms.